The van der Waals surface area contributed by atoms with E-state index in [-0.39, 0.29) is 16.7 Å². The summed E-state index contributed by atoms with van der Waals surface area (Å²) in [5, 5.41) is 29.7. The molecule has 1 saturated heterocycles. The third-order valence-electron chi connectivity index (χ3n) is 4.54. The molecule has 0 saturated carbocycles. The number of hydrogen-bond acceptors (Lipinski definition) is 12. The number of aliphatic carboxylic acids is 1. The summed E-state index contributed by atoms with van der Waals surface area (Å²) in [6.07, 6.45) is 1.91. The van der Waals surface area contributed by atoms with Crippen molar-refractivity contribution >= 4 is 44.0 Å². The van der Waals surface area contributed by atoms with Crippen molar-refractivity contribution < 1.29 is 37.8 Å². The number of aliphatic hydroxyl groups excluding tert-OH is 2. The number of nitrogens with zero attached hydrogens (tertiary/aromatic N) is 4. The van der Waals surface area contributed by atoms with Crippen LogP contribution in [0.2, 0.25) is 0 Å². The van der Waals surface area contributed by atoms with Gasteiger partial charge in [-0.25, -0.2) is 23.4 Å². The zero-order chi connectivity index (χ0) is 24.2. The first-order chi connectivity index (χ1) is 14.8. The number of nitrogens with two attached hydrogens (primary N) is 2. The number of carboxylic acid groups (broad SMARTS) is 1. The highest BCUT2D eigenvalue weighted by atomic mass is 32.2. The van der Waals surface area contributed by atoms with Gasteiger partial charge >= 0.3 is 5.97 Å². The first kappa shape index (κ1) is 26.2. The number of aromatic nitrogens is 4. The van der Waals surface area contributed by atoms with Crippen molar-refractivity contribution in [1.82, 2.24) is 19.5 Å². The van der Waals surface area contributed by atoms with E-state index in [4.69, 9.17) is 34.3 Å². The van der Waals surface area contributed by atoms with Gasteiger partial charge in [0, 0.05) is 12.7 Å². The molecule has 3 rings (SSSR count). The number of carboxylic acids is 1. The van der Waals surface area contributed by atoms with Gasteiger partial charge in [0.15, 0.2) is 17.7 Å². The van der Waals surface area contributed by atoms with Crippen molar-refractivity contribution in [2.45, 2.75) is 37.0 Å². The second-order valence-electron chi connectivity index (χ2n) is 7.22. The summed E-state index contributed by atoms with van der Waals surface area (Å²) in [6.45, 7) is 0. The molecule has 1 unspecified atom stereocenters. The number of nitrogen functional groups attached to an aromatic ring is 1. The lowest BCUT2D eigenvalue weighted by Gasteiger charge is -2.16. The summed E-state index contributed by atoms with van der Waals surface area (Å²) in [6, 6.07) is -0.907. The van der Waals surface area contributed by atoms with Crippen molar-refractivity contribution in [3.63, 3.8) is 0 Å². The number of hydrogen-bond donors (Lipinski definition) is 5. The second kappa shape index (κ2) is 10.7. The topological polar surface area (TPSA) is 240 Å². The Morgan fingerprint density at radius 3 is 2.56 bits per heavy atom. The van der Waals surface area contributed by atoms with E-state index in [0.29, 0.717) is 35.3 Å². The van der Waals surface area contributed by atoms with Crippen LogP contribution in [0.25, 0.3) is 11.2 Å². The molecule has 2 aromatic heterocycles. The standard InChI is InChI=1S/C15H22N6O5S.CH4O3S/c1-27(3-2-7(16)15(24)25)4-8-10(22)11(23)14(26-8)21-6-20-9-12(17)18-5-19-13(9)21;1-5(2,3)4/h5-8,10-11,14,22-23H,2-4,16H2,1H3,(H2-,17,18,19,24,25);1H3,(H,2,3,4)/t7-,8+,10+,11+,14+,27?;/m0./s1. The number of carbonyl (C=O) groups is 1. The minimum atomic E-state index is -3.92. The molecule has 0 aliphatic carbocycles. The van der Waals surface area contributed by atoms with Crippen LogP contribution >= 0.6 is 0 Å². The van der Waals surface area contributed by atoms with Crippen molar-refractivity contribution in [1.29, 1.82) is 0 Å². The molecule has 1 fully saturated rings. The van der Waals surface area contributed by atoms with Gasteiger partial charge in [0.1, 0.15) is 47.7 Å². The van der Waals surface area contributed by atoms with E-state index < -0.39 is 46.7 Å². The lowest BCUT2D eigenvalue weighted by Crippen LogP contribution is -2.37. The lowest BCUT2D eigenvalue weighted by molar-refractivity contribution is -0.138. The smallest absolute Gasteiger partial charge is 0.320 e. The Morgan fingerprint density at radius 1 is 1.34 bits per heavy atom. The average molecular weight is 495 g/mol. The van der Waals surface area contributed by atoms with Crippen LogP contribution in [0.5, 0.6) is 0 Å². The molecule has 14 nitrogen and oxygen atoms in total. The van der Waals surface area contributed by atoms with Gasteiger partial charge in [-0.3, -0.25) is 9.36 Å². The van der Waals surface area contributed by atoms with Crippen LogP contribution < -0.4 is 11.5 Å². The highest BCUT2D eigenvalue weighted by Crippen LogP contribution is 2.32. The fourth-order valence-electron chi connectivity index (χ4n) is 2.97. The molecule has 6 atom stereocenters. The van der Waals surface area contributed by atoms with E-state index in [1.54, 1.807) is 0 Å². The quantitative estimate of drug-likeness (QED) is 0.194. The summed E-state index contributed by atoms with van der Waals surface area (Å²) in [5.74, 6) is 0.254. The molecule has 1 aliphatic heterocycles. The Hall–Kier alpha value is -2.08. The molecule has 3 heterocycles. The third-order valence-corrected chi connectivity index (χ3v) is 6.37. The number of ether oxygens (including phenoxy) is 1. The van der Waals surface area contributed by atoms with Gasteiger partial charge in [-0.1, -0.05) is 0 Å². The fraction of sp³-hybridized carbons (Fsp3) is 0.625. The zero-order valence-corrected chi connectivity index (χ0v) is 18.9. The Morgan fingerprint density at radius 2 is 1.97 bits per heavy atom. The minimum absolute atomic E-state index is 0.216. The predicted molar refractivity (Wildman–Crippen MR) is 115 cm³/mol. The predicted octanol–water partition coefficient (Wildman–Crippen LogP) is -2.76. The molecular formula is C16H26N6O8S2. The van der Waals surface area contributed by atoms with Crippen molar-refractivity contribution in [3.05, 3.63) is 12.7 Å². The molecule has 180 valence electrons. The van der Waals surface area contributed by atoms with Gasteiger partial charge in [-0.05, 0) is 10.9 Å². The number of imidazole rings is 1. The van der Waals surface area contributed by atoms with Crippen LogP contribution in [0, 0.1) is 0 Å². The van der Waals surface area contributed by atoms with Crippen LogP contribution in [0.4, 0.5) is 5.82 Å². The molecular weight excluding hydrogens is 468 g/mol. The number of fused-ring (bicyclic) bond motifs is 1. The van der Waals surface area contributed by atoms with E-state index in [1.165, 1.54) is 17.2 Å². The summed E-state index contributed by atoms with van der Waals surface area (Å²) < 4.78 is 34.6. The first-order valence-electron chi connectivity index (χ1n) is 9.22. The van der Waals surface area contributed by atoms with Crippen molar-refractivity contribution in [3.8, 4) is 0 Å². The van der Waals surface area contributed by atoms with Gasteiger partial charge in [0.05, 0.1) is 22.7 Å². The van der Waals surface area contributed by atoms with E-state index in [9.17, 15) is 15.0 Å². The second-order valence-corrected chi connectivity index (χ2v) is 10.9. The van der Waals surface area contributed by atoms with Gasteiger partial charge in [-0.15, -0.1) is 0 Å². The maximum atomic E-state index is 10.8. The van der Waals surface area contributed by atoms with Crippen LogP contribution in [0.1, 0.15) is 12.6 Å². The summed E-state index contributed by atoms with van der Waals surface area (Å²) >= 11 is 0. The average Bonchev–Trinajstić information content (AvgIpc) is 3.22. The largest absolute Gasteiger partial charge is 0.748 e. The van der Waals surface area contributed by atoms with Gasteiger partial charge in [-0.2, -0.15) is 0 Å². The Balaban J connectivity index is 0.000000654. The monoisotopic (exact) mass is 494 g/mol. The molecule has 16 heteroatoms. The fourth-order valence-corrected chi connectivity index (χ4v) is 4.63. The van der Waals surface area contributed by atoms with Gasteiger partial charge < -0.3 is 36.1 Å². The molecule has 0 amide bonds. The van der Waals surface area contributed by atoms with E-state index in [1.807, 2.05) is 6.26 Å². The highest BCUT2D eigenvalue weighted by molar-refractivity contribution is 7.96. The SMILES string of the molecule is CS(=O)(=O)[O-].C[S+](CC[C@H](N)C(=O)O)C[C@H]1O[C@@H](n2cnc3c(N)ncnc32)[C@H](O)[C@@H]1O. The summed E-state index contributed by atoms with van der Waals surface area (Å²) in [4.78, 5) is 23.0. The van der Waals surface area contributed by atoms with Gasteiger partial charge in [0.25, 0.3) is 0 Å². The van der Waals surface area contributed by atoms with E-state index >= 15 is 0 Å². The summed E-state index contributed by atoms with van der Waals surface area (Å²) in [7, 11) is -4.15. The van der Waals surface area contributed by atoms with Crippen LogP contribution in [0.15, 0.2) is 12.7 Å². The van der Waals surface area contributed by atoms with Crippen LogP contribution in [-0.4, -0.2) is 102 Å². The van der Waals surface area contributed by atoms with Crippen LogP contribution in [-0.2, 0) is 30.5 Å². The van der Waals surface area contributed by atoms with Crippen LogP contribution in [0.3, 0.4) is 0 Å². The number of aliphatic hydroxyl groups is 2. The van der Waals surface area contributed by atoms with Crippen molar-refractivity contribution in [2.75, 3.05) is 29.8 Å². The molecule has 2 aromatic rings. The van der Waals surface area contributed by atoms with E-state index in [0.717, 1.165) is 0 Å². The maximum absolute atomic E-state index is 10.8. The molecule has 0 spiro atoms. The molecule has 0 radical (unpaired) electrons. The highest BCUT2D eigenvalue weighted by Gasteiger charge is 2.46. The first-order valence-corrected chi connectivity index (χ1v) is 13.0. The lowest BCUT2D eigenvalue weighted by atomic mass is 10.1. The Bertz CT molecular complexity index is 1030. The molecule has 32 heavy (non-hydrogen) atoms. The zero-order valence-electron chi connectivity index (χ0n) is 17.3. The maximum Gasteiger partial charge on any atom is 0.320 e. The molecule has 0 bridgehead atoms. The van der Waals surface area contributed by atoms with Crippen molar-refractivity contribution in [2.24, 2.45) is 5.73 Å². The normalized spacial score (nSPS) is 25.2. The van der Waals surface area contributed by atoms with E-state index in [2.05, 4.69) is 15.0 Å². The summed E-state index contributed by atoms with van der Waals surface area (Å²) in [5.41, 5.74) is 12.1. The minimum Gasteiger partial charge on any atom is -0.748 e. The van der Waals surface area contributed by atoms with Gasteiger partial charge in [0.2, 0.25) is 0 Å². The molecule has 7 N–H and O–H groups in total. The Labute approximate surface area is 186 Å². The number of anilines is 1. The molecule has 1 aliphatic rings. The third kappa shape index (κ3) is 6.96. The Kier molecular flexibility index (Phi) is 8.74. The molecule has 0 aromatic carbocycles. The number of rotatable bonds is 7.